The van der Waals surface area contributed by atoms with Crippen LogP contribution in [-0.4, -0.2) is 99.5 Å². The van der Waals surface area contributed by atoms with Crippen LogP contribution in [0.15, 0.2) is 79.4 Å². The maximum atomic E-state index is 13.9. The predicted molar refractivity (Wildman–Crippen MR) is 223 cm³/mol. The third-order valence-electron chi connectivity index (χ3n) is 9.28. The number of aliphatic hydroxyl groups excluding tert-OH is 1. The van der Waals surface area contributed by atoms with Gasteiger partial charge in [0.15, 0.2) is 23.8 Å². The Bertz CT molecular complexity index is 2160. The van der Waals surface area contributed by atoms with Crippen LogP contribution in [0.1, 0.15) is 39.0 Å². The first-order valence-corrected chi connectivity index (χ1v) is 21.2. The number of aliphatic hydroxyl groups is 1. The van der Waals surface area contributed by atoms with E-state index in [0.717, 1.165) is 39.3 Å². The van der Waals surface area contributed by atoms with E-state index in [0.29, 0.717) is 16.9 Å². The molecule has 0 spiro atoms. The highest BCUT2D eigenvalue weighted by Crippen LogP contribution is 2.38. The van der Waals surface area contributed by atoms with Gasteiger partial charge in [-0.2, -0.15) is 0 Å². The fourth-order valence-corrected chi connectivity index (χ4v) is 7.83. The average Bonchev–Trinajstić information content (AvgIpc) is 3.77. The Morgan fingerprint density at radius 3 is 2.33 bits per heavy atom. The number of benzene rings is 3. The van der Waals surface area contributed by atoms with E-state index in [2.05, 4.69) is 26.3 Å². The zero-order chi connectivity index (χ0) is 41.4. The number of amides is 1. The van der Waals surface area contributed by atoms with E-state index in [4.69, 9.17) is 34.2 Å². The van der Waals surface area contributed by atoms with Crippen molar-refractivity contribution in [2.45, 2.75) is 70.0 Å². The van der Waals surface area contributed by atoms with Crippen LogP contribution in [0.25, 0.3) is 33.4 Å². The molecule has 1 unspecified atom stereocenters. The summed E-state index contributed by atoms with van der Waals surface area (Å²) in [6, 6.07) is 20.6. The molecule has 58 heavy (non-hydrogen) atoms. The van der Waals surface area contributed by atoms with Gasteiger partial charge < -0.3 is 44.6 Å². The average molecular weight is 833 g/mol. The van der Waals surface area contributed by atoms with Gasteiger partial charge in [-0.15, -0.1) is 0 Å². The summed E-state index contributed by atoms with van der Waals surface area (Å²) < 4.78 is 36.6. The lowest BCUT2D eigenvalue weighted by molar-refractivity contribution is -0.161. The first-order chi connectivity index (χ1) is 27.9. The molecule has 1 aliphatic heterocycles. The minimum atomic E-state index is -1.36. The number of nitrogens with two attached hydrogens (primary N) is 1. The lowest BCUT2D eigenvalue weighted by atomic mass is 9.90. The van der Waals surface area contributed by atoms with Crippen LogP contribution >= 0.6 is 21.6 Å². The molecule has 0 radical (unpaired) electrons. The van der Waals surface area contributed by atoms with E-state index in [9.17, 15) is 14.7 Å². The van der Waals surface area contributed by atoms with Crippen LogP contribution in [0.3, 0.4) is 0 Å². The number of methoxy groups -OCH3 is 2. The molecule has 6 rings (SSSR count). The number of imidazole rings is 1. The van der Waals surface area contributed by atoms with Crippen molar-refractivity contribution in [1.82, 2.24) is 24.8 Å². The highest BCUT2D eigenvalue weighted by Gasteiger charge is 2.48. The lowest BCUT2D eigenvalue weighted by Gasteiger charge is -2.26. The second-order valence-electron chi connectivity index (χ2n) is 14.3. The Morgan fingerprint density at radius 1 is 0.983 bits per heavy atom. The maximum Gasteiger partial charge on any atom is 0.408 e. The molecule has 17 heteroatoms. The van der Waals surface area contributed by atoms with Crippen molar-refractivity contribution < 1.29 is 43.1 Å². The minimum Gasteiger partial charge on any atom is -0.497 e. The summed E-state index contributed by atoms with van der Waals surface area (Å²) in [5.41, 5.74) is 10.7. The van der Waals surface area contributed by atoms with E-state index >= 15 is 0 Å². The number of esters is 1. The van der Waals surface area contributed by atoms with Crippen LogP contribution in [0, 0.1) is 0 Å². The van der Waals surface area contributed by atoms with Gasteiger partial charge in [0.1, 0.15) is 47.2 Å². The van der Waals surface area contributed by atoms with Crippen molar-refractivity contribution in [3.63, 3.8) is 0 Å². The number of hydrogen-bond donors (Lipinski definition) is 3. The van der Waals surface area contributed by atoms with Gasteiger partial charge in [0.05, 0.1) is 33.8 Å². The summed E-state index contributed by atoms with van der Waals surface area (Å²) in [7, 11) is 6.31. The van der Waals surface area contributed by atoms with Gasteiger partial charge in [-0.25, -0.2) is 24.5 Å². The molecule has 2 aromatic heterocycles. The van der Waals surface area contributed by atoms with Gasteiger partial charge in [0, 0.05) is 5.75 Å². The molecule has 5 atom stereocenters. The van der Waals surface area contributed by atoms with Gasteiger partial charge in [-0.05, 0) is 85.5 Å². The normalized spacial score (nSPS) is 18.5. The molecule has 1 fully saturated rings. The van der Waals surface area contributed by atoms with E-state index in [-0.39, 0.29) is 25.5 Å². The number of carbonyl (C=O) groups excluding carboxylic acids is 2. The zero-order valence-corrected chi connectivity index (χ0v) is 34.7. The first-order valence-electron chi connectivity index (χ1n) is 18.5. The predicted octanol–water partition coefficient (Wildman–Crippen LogP) is 6.44. The Kier molecular flexibility index (Phi) is 14.0. The molecule has 1 saturated heterocycles. The summed E-state index contributed by atoms with van der Waals surface area (Å²) >= 11 is 0. The van der Waals surface area contributed by atoms with E-state index < -0.39 is 48.2 Å². The third kappa shape index (κ3) is 10.1. The highest BCUT2D eigenvalue weighted by atomic mass is 33.1. The third-order valence-corrected chi connectivity index (χ3v) is 11.1. The molecule has 308 valence electrons. The molecule has 0 bridgehead atoms. The van der Waals surface area contributed by atoms with E-state index in [1.165, 1.54) is 38.8 Å². The second-order valence-corrected chi connectivity index (χ2v) is 17.0. The molecule has 3 aromatic carbocycles. The number of nitrogen functional groups attached to an aromatic ring is 1. The number of aromatic nitrogens is 4. The minimum absolute atomic E-state index is 0.0752. The van der Waals surface area contributed by atoms with Crippen molar-refractivity contribution in [2.75, 3.05) is 38.6 Å². The van der Waals surface area contributed by atoms with Crippen LogP contribution < -0.4 is 20.5 Å². The number of nitrogens with zero attached hydrogens (tertiary/aromatic N) is 4. The monoisotopic (exact) mass is 832 g/mol. The van der Waals surface area contributed by atoms with Gasteiger partial charge in [-0.1, -0.05) is 64.1 Å². The molecule has 4 N–H and O–H groups in total. The molecule has 3 heterocycles. The molecule has 0 saturated carbocycles. The van der Waals surface area contributed by atoms with E-state index in [1.807, 2.05) is 66.9 Å². The summed E-state index contributed by atoms with van der Waals surface area (Å²) in [5.74, 6) is 1.38. The van der Waals surface area contributed by atoms with Gasteiger partial charge in [-0.3, -0.25) is 4.57 Å². The number of hydrogen-bond acceptors (Lipinski definition) is 15. The van der Waals surface area contributed by atoms with Crippen LogP contribution in [0.4, 0.5) is 10.6 Å². The second kappa shape index (κ2) is 19.1. The summed E-state index contributed by atoms with van der Waals surface area (Å²) in [6.45, 7) is 5.26. The lowest BCUT2D eigenvalue weighted by Crippen LogP contribution is -2.47. The molecule has 0 aliphatic carbocycles. The number of rotatable bonds is 16. The van der Waals surface area contributed by atoms with Crippen LogP contribution in [0.2, 0.25) is 0 Å². The molecule has 1 amide bonds. The van der Waals surface area contributed by atoms with Gasteiger partial charge >= 0.3 is 12.1 Å². The van der Waals surface area contributed by atoms with Gasteiger partial charge in [0.25, 0.3) is 0 Å². The first kappa shape index (κ1) is 42.5. The van der Waals surface area contributed by atoms with Crippen molar-refractivity contribution in [2.24, 2.45) is 0 Å². The largest absolute Gasteiger partial charge is 0.497 e. The molecular formula is C41H48N6O9S2. The Hall–Kier alpha value is -5.07. The Morgan fingerprint density at radius 2 is 1.67 bits per heavy atom. The highest BCUT2D eigenvalue weighted by molar-refractivity contribution is 8.76. The zero-order valence-electron chi connectivity index (χ0n) is 33.1. The fraction of sp³-hybridized carbons (Fsp3) is 0.390. The number of fused-ring (bicyclic) bond motifs is 1. The Balaban J connectivity index is 1.26. The van der Waals surface area contributed by atoms with E-state index in [1.54, 1.807) is 35.0 Å². The quantitative estimate of drug-likeness (QED) is 0.0559. The number of anilines is 1. The number of nitrogens with one attached hydrogen (secondary N) is 1. The number of ether oxygens (including phenoxy) is 6. The van der Waals surface area contributed by atoms with Crippen molar-refractivity contribution in [3.8, 4) is 33.8 Å². The SMILES string of the molecule is COc1ccc(-c2cccc(COC[C@H]3O[C@@H](n4cnc5c(N)ncnc54)[C@H](OC(=O)C(CCSSC)NC(=O)OC(C)(C)C)[C@@H]3O)c2-c2ccc(OC)cc2)cc1. The number of alkyl carbamates (subject to hydrolysis) is 1. The summed E-state index contributed by atoms with van der Waals surface area (Å²) in [5, 5.41) is 14.5. The van der Waals surface area contributed by atoms with Crippen LogP contribution in [0.5, 0.6) is 11.5 Å². The van der Waals surface area contributed by atoms with Crippen molar-refractivity contribution >= 4 is 50.6 Å². The smallest absolute Gasteiger partial charge is 0.408 e. The molecule has 1 aliphatic rings. The van der Waals surface area contributed by atoms with Crippen molar-refractivity contribution in [3.05, 3.63) is 84.9 Å². The van der Waals surface area contributed by atoms with Crippen molar-refractivity contribution in [1.29, 1.82) is 0 Å². The molecule has 5 aromatic rings. The summed E-state index contributed by atoms with van der Waals surface area (Å²) in [4.78, 5) is 39.4. The summed E-state index contributed by atoms with van der Waals surface area (Å²) in [6.07, 6.45) is -0.565. The maximum absolute atomic E-state index is 13.9. The van der Waals surface area contributed by atoms with Crippen LogP contribution in [-0.2, 0) is 30.3 Å². The Labute approximate surface area is 344 Å². The molecule has 15 nitrogen and oxygen atoms in total. The molecular weight excluding hydrogens is 785 g/mol. The number of carbonyl (C=O) groups is 2. The fourth-order valence-electron chi connectivity index (χ4n) is 6.54. The van der Waals surface area contributed by atoms with Gasteiger partial charge in [0.2, 0.25) is 0 Å². The topological polar surface area (TPSA) is 191 Å². The standard InChI is InChI=1S/C41H48N6O9S2/c1-41(2,3)56-40(50)46-30(18-19-58-57-6)39(49)55-35-34(48)31(54-38(35)47-23-45-33-36(42)43-22-44-37(33)47)21-53-20-26-8-7-9-29(24-10-14-27(51-4)15-11-24)32(26)25-12-16-28(52-5)17-13-25/h7-17,22-23,30-31,34-35,38,48H,18-21H2,1-6H3,(H,46,50)(H2,42,43,44)/t30?,31-,34-,35-,38-/m1/s1.